The highest BCUT2D eigenvalue weighted by Crippen LogP contribution is 2.36. The minimum Gasteiger partial charge on any atom is -0.393 e. The lowest BCUT2D eigenvalue weighted by Crippen LogP contribution is -2.41. The van der Waals surface area contributed by atoms with Gasteiger partial charge in [0.25, 0.3) is 0 Å². The molecule has 1 aliphatic rings. The quantitative estimate of drug-likeness (QED) is 0.518. The first-order valence-corrected chi connectivity index (χ1v) is 11.0. The first-order chi connectivity index (χ1) is 15.4. The molecule has 2 aromatic heterocycles. The standard InChI is InChI=1S/C24H29N7O.H2/c1-24(2)14-19(8-9-21(24)32)28-22-18(15-25)16-27-23(29-22)26-11-13-31-12-10-20(30-31)17-6-4-3-5-7-17;/h3-7,10,12,16,19,21,32H,8-9,11,13-14H2,1-2H3,(H2,26,27,28,29);1H/t19-,21+;/m1./s1. The Hall–Kier alpha value is -3.44. The summed E-state index contributed by atoms with van der Waals surface area (Å²) in [6.07, 6.45) is 5.58. The zero-order valence-electron chi connectivity index (χ0n) is 18.5. The van der Waals surface area contributed by atoms with Crippen LogP contribution in [-0.4, -0.2) is 43.5 Å². The second kappa shape index (κ2) is 9.37. The van der Waals surface area contributed by atoms with Crippen LogP contribution in [0, 0.1) is 16.7 Å². The van der Waals surface area contributed by atoms with Crippen LogP contribution in [0.1, 0.15) is 40.1 Å². The van der Waals surface area contributed by atoms with Crippen molar-refractivity contribution in [2.24, 2.45) is 5.41 Å². The molecule has 2 heterocycles. The Morgan fingerprint density at radius 3 is 2.81 bits per heavy atom. The number of hydrogen-bond donors (Lipinski definition) is 3. The fourth-order valence-electron chi connectivity index (χ4n) is 4.13. The SMILES string of the molecule is CC1(C)C[C@H](Nc2nc(NCCn3ccc(-c4ccccc4)n3)ncc2C#N)CC[C@@H]1O.[HH]. The van der Waals surface area contributed by atoms with Crippen molar-refractivity contribution in [3.05, 3.63) is 54.4 Å². The summed E-state index contributed by atoms with van der Waals surface area (Å²) < 4.78 is 1.88. The molecule has 8 nitrogen and oxygen atoms in total. The number of aliphatic hydroxyl groups excluding tert-OH is 1. The second-order valence-corrected chi connectivity index (χ2v) is 8.95. The van der Waals surface area contributed by atoms with E-state index < -0.39 is 0 Å². The monoisotopic (exact) mass is 433 g/mol. The zero-order valence-corrected chi connectivity index (χ0v) is 18.5. The third-order valence-electron chi connectivity index (χ3n) is 6.05. The van der Waals surface area contributed by atoms with Crippen LogP contribution in [0.5, 0.6) is 0 Å². The van der Waals surface area contributed by atoms with Crippen molar-refractivity contribution in [2.75, 3.05) is 17.2 Å². The molecule has 8 heteroatoms. The number of nitrogens with one attached hydrogen (secondary N) is 2. The van der Waals surface area contributed by atoms with E-state index in [1.807, 2.05) is 47.3 Å². The highest BCUT2D eigenvalue weighted by molar-refractivity contribution is 5.58. The number of nitriles is 1. The number of benzene rings is 1. The molecule has 32 heavy (non-hydrogen) atoms. The van der Waals surface area contributed by atoms with E-state index in [9.17, 15) is 10.4 Å². The van der Waals surface area contributed by atoms with Crippen molar-refractivity contribution in [3.63, 3.8) is 0 Å². The van der Waals surface area contributed by atoms with Crippen molar-refractivity contribution in [1.82, 2.24) is 19.7 Å². The zero-order chi connectivity index (χ0) is 22.6. The van der Waals surface area contributed by atoms with E-state index in [2.05, 4.69) is 45.6 Å². The van der Waals surface area contributed by atoms with Gasteiger partial charge in [-0.1, -0.05) is 44.2 Å². The van der Waals surface area contributed by atoms with E-state index in [-0.39, 0.29) is 19.0 Å². The summed E-state index contributed by atoms with van der Waals surface area (Å²) in [6, 6.07) is 14.4. The van der Waals surface area contributed by atoms with Gasteiger partial charge in [0.05, 0.1) is 24.5 Å². The molecule has 1 aromatic carbocycles. The number of aromatic nitrogens is 4. The molecule has 1 fully saturated rings. The summed E-state index contributed by atoms with van der Waals surface area (Å²) in [7, 11) is 0. The fourth-order valence-corrected chi connectivity index (χ4v) is 4.13. The van der Waals surface area contributed by atoms with Gasteiger partial charge in [-0.25, -0.2) is 4.98 Å². The molecular formula is C24H31N7O. The summed E-state index contributed by atoms with van der Waals surface area (Å²) >= 11 is 0. The van der Waals surface area contributed by atoms with Gasteiger partial charge >= 0.3 is 0 Å². The van der Waals surface area contributed by atoms with Gasteiger partial charge in [-0.2, -0.15) is 15.3 Å². The van der Waals surface area contributed by atoms with Crippen LogP contribution in [0.4, 0.5) is 11.8 Å². The molecule has 4 rings (SSSR count). The Balaban J connectivity index is 0.00000306. The van der Waals surface area contributed by atoms with Crippen LogP contribution in [0.2, 0.25) is 0 Å². The predicted molar refractivity (Wildman–Crippen MR) is 126 cm³/mol. The van der Waals surface area contributed by atoms with Crippen LogP contribution in [0.25, 0.3) is 11.3 Å². The lowest BCUT2D eigenvalue weighted by atomic mass is 9.73. The highest BCUT2D eigenvalue weighted by atomic mass is 16.3. The van der Waals surface area contributed by atoms with Gasteiger partial charge < -0.3 is 15.7 Å². The topological polar surface area (TPSA) is 112 Å². The van der Waals surface area contributed by atoms with Crippen molar-refractivity contribution < 1.29 is 6.53 Å². The van der Waals surface area contributed by atoms with Crippen LogP contribution in [0.3, 0.4) is 0 Å². The van der Waals surface area contributed by atoms with Gasteiger partial charge in [0.1, 0.15) is 17.5 Å². The molecule has 0 bridgehead atoms. The molecule has 3 N–H and O–H groups in total. The molecule has 2 atom stereocenters. The minimum atomic E-state index is -0.302. The molecule has 0 radical (unpaired) electrons. The maximum Gasteiger partial charge on any atom is 0.224 e. The van der Waals surface area contributed by atoms with E-state index in [4.69, 9.17) is 0 Å². The van der Waals surface area contributed by atoms with Gasteiger partial charge in [0.2, 0.25) is 5.95 Å². The van der Waals surface area contributed by atoms with Crippen molar-refractivity contribution in [1.29, 1.82) is 5.26 Å². The second-order valence-electron chi connectivity index (χ2n) is 8.95. The van der Waals surface area contributed by atoms with Crippen LogP contribution in [-0.2, 0) is 6.54 Å². The van der Waals surface area contributed by atoms with E-state index >= 15 is 0 Å². The molecule has 3 aromatic rings. The number of anilines is 2. The van der Waals surface area contributed by atoms with E-state index in [0.29, 0.717) is 30.4 Å². The molecule has 1 aliphatic carbocycles. The molecule has 0 aliphatic heterocycles. The van der Waals surface area contributed by atoms with Crippen molar-refractivity contribution in [3.8, 4) is 17.3 Å². The first-order valence-electron chi connectivity index (χ1n) is 11.0. The Bertz CT molecular complexity index is 1090. The Morgan fingerprint density at radius 1 is 1.25 bits per heavy atom. The lowest BCUT2D eigenvalue weighted by molar-refractivity contribution is 0.00926. The lowest BCUT2D eigenvalue weighted by Gasteiger charge is -2.40. The maximum absolute atomic E-state index is 10.2. The van der Waals surface area contributed by atoms with E-state index in [1.165, 1.54) is 0 Å². The van der Waals surface area contributed by atoms with Gasteiger partial charge in [0, 0.05) is 25.8 Å². The summed E-state index contributed by atoms with van der Waals surface area (Å²) in [6.45, 7) is 5.40. The van der Waals surface area contributed by atoms with Gasteiger partial charge in [0.15, 0.2) is 0 Å². The summed E-state index contributed by atoms with van der Waals surface area (Å²) in [5.41, 5.74) is 2.27. The minimum absolute atomic E-state index is 0. The van der Waals surface area contributed by atoms with Crippen molar-refractivity contribution in [2.45, 2.75) is 51.8 Å². The summed E-state index contributed by atoms with van der Waals surface area (Å²) in [5.74, 6) is 1.00. The van der Waals surface area contributed by atoms with Crippen molar-refractivity contribution >= 4 is 11.8 Å². The number of hydrogen-bond acceptors (Lipinski definition) is 7. The third kappa shape index (κ3) is 5.06. The van der Waals surface area contributed by atoms with E-state index in [1.54, 1.807) is 6.20 Å². The molecule has 168 valence electrons. The molecule has 0 saturated heterocycles. The van der Waals surface area contributed by atoms with E-state index in [0.717, 1.165) is 30.5 Å². The molecule has 0 unspecified atom stereocenters. The Kier molecular flexibility index (Phi) is 6.37. The molecular weight excluding hydrogens is 402 g/mol. The van der Waals surface area contributed by atoms with Crippen LogP contribution >= 0.6 is 0 Å². The smallest absolute Gasteiger partial charge is 0.224 e. The Morgan fingerprint density at radius 2 is 2.06 bits per heavy atom. The normalized spacial score (nSPS) is 19.8. The highest BCUT2D eigenvalue weighted by Gasteiger charge is 2.35. The first kappa shape index (κ1) is 21.8. The Labute approximate surface area is 189 Å². The van der Waals surface area contributed by atoms with Gasteiger partial charge in [-0.3, -0.25) is 4.68 Å². The molecule has 0 spiro atoms. The number of nitrogens with zero attached hydrogens (tertiary/aromatic N) is 5. The largest absolute Gasteiger partial charge is 0.393 e. The molecule has 0 amide bonds. The fraction of sp³-hybridized carbons (Fsp3) is 0.417. The van der Waals surface area contributed by atoms with Gasteiger partial charge in [-0.05, 0) is 30.7 Å². The summed E-state index contributed by atoms with van der Waals surface area (Å²) in [4.78, 5) is 8.81. The predicted octanol–water partition coefficient (Wildman–Crippen LogP) is 3.92. The van der Waals surface area contributed by atoms with Crippen LogP contribution < -0.4 is 10.6 Å². The number of aliphatic hydroxyl groups is 1. The third-order valence-corrected chi connectivity index (χ3v) is 6.05. The average molecular weight is 434 g/mol. The number of rotatable bonds is 7. The average Bonchev–Trinajstić information content (AvgIpc) is 3.26. The van der Waals surface area contributed by atoms with Gasteiger partial charge in [-0.15, -0.1) is 0 Å². The molecule has 1 saturated carbocycles. The van der Waals surface area contributed by atoms with Crippen LogP contribution in [0.15, 0.2) is 48.8 Å². The maximum atomic E-state index is 10.2. The summed E-state index contributed by atoms with van der Waals surface area (Å²) in [5, 5.41) is 30.9.